The number of rotatable bonds is 6. The molecule has 1 aromatic heterocycles. The predicted octanol–water partition coefficient (Wildman–Crippen LogP) is 2.26. The quantitative estimate of drug-likeness (QED) is 0.885. The summed E-state index contributed by atoms with van der Waals surface area (Å²) in [5, 5.41) is 4.09. The molecule has 7 heteroatoms. The Balaban J connectivity index is 2.25. The molecule has 0 spiro atoms. The molecule has 0 fully saturated rings. The molecular formula is C15H21N3O3S. The summed E-state index contributed by atoms with van der Waals surface area (Å²) in [5.74, 6) is 0.693. The van der Waals surface area contributed by atoms with Crippen molar-refractivity contribution in [3.8, 4) is 5.75 Å². The molecular weight excluding hydrogens is 302 g/mol. The third-order valence-electron chi connectivity index (χ3n) is 3.57. The van der Waals surface area contributed by atoms with Gasteiger partial charge in [0, 0.05) is 12.6 Å². The van der Waals surface area contributed by atoms with Gasteiger partial charge in [-0.1, -0.05) is 12.1 Å². The van der Waals surface area contributed by atoms with Crippen LogP contribution in [0.5, 0.6) is 5.75 Å². The molecule has 0 saturated carbocycles. The van der Waals surface area contributed by atoms with Gasteiger partial charge in [0.05, 0.1) is 19.0 Å². The summed E-state index contributed by atoms with van der Waals surface area (Å²) in [4.78, 5) is 0.212. The van der Waals surface area contributed by atoms with Gasteiger partial charge in [-0.2, -0.15) is 5.10 Å². The average molecular weight is 323 g/mol. The van der Waals surface area contributed by atoms with Crippen molar-refractivity contribution in [3.05, 3.63) is 41.7 Å². The fraction of sp³-hybridized carbons (Fsp3) is 0.400. The number of nitrogens with zero attached hydrogens (tertiary/aromatic N) is 2. The van der Waals surface area contributed by atoms with Gasteiger partial charge in [-0.25, -0.2) is 13.1 Å². The maximum Gasteiger partial charge on any atom is 0.244 e. The van der Waals surface area contributed by atoms with Crippen LogP contribution in [0.4, 0.5) is 0 Å². The number of hydrogen-bond donors (Lipinski definition) is 1. The van der Waals surface area contributed by atoms with Crippen molar-refractivity contribution in [3.63, 3.8) is 0 Å². The van der Waals surface area contributed by atoms with E-state index in [1.54, 1.807) is 25.6 Å². The molecule has 120 valence electrons. The molecule has 0 bridgehead atoms. The Labute approximate surface area is 131 Å². The van der Waals surface area contributed by atoms with Crippen molar-refractivity contribution < 1.29 is 13.2 Å². The Bertz CT molecular complexity index is 753. The number of ether oxygens (including phenoxy) is 1. The smallest absolute Gasteiger partial charge is 0.244 e. The summed E-state index contributed by atoms with van der Waals surface area (Å²) >= 11 is 0. The van der Waals surface area contributed by atoms with Crippen LogP contribution in [0.3, 0.4) is 0 Å². The van der Waals surface area contributed by atoms with Crippen LogP contribution >= 0.6 is 0 Å². The number of benzene rings is 1. The number of aryl methyl sites for hydroxylation is 1. The van der Waals surface area contributed by atoms with E-state index in [0.717, 1.165) is 5.56 Å². The highest BCUT2D eigenvalue weighted by molar-refractivity contribution is 7.89. The standard InChI is InChI=1S/C15H21N3O3S/c1-5-18-12(3)15(10-16-18)22(19,20)17-11(2)13-7-6-8-14(9-13)21-4/h6-11,17H,5H2,1-4H3. The van der Waals surface area contributed by atoms with Gasteiger partial charge in [-0.05, 0) is 38.5 Å². The predicted molar refractivity (Wildman–Crippen MR) is 84.4 cm³/mol. The van der Waals surface area contributed by atoms with Crippen LogP contribution in [-0.2, 0) is 16.6 Å². The fourth-order valence-corrected chi connectivity index (χ4v) is 3.70. The minimum atomic E-state index is -3.62. The second kappa shape index (κ2) is 6.50. The first-order valence-electron chi connectivity index (χ1n) is 7.07. The van der Waals surface area contributed by atoms with E-state index in [4.69, 9.17) is 4.74 Å². The zero-order valence-corrected chi connectivity index (χ0v) is 14.0. The van der Waals surface area contributed by atoms with Crippen molar-refractivity contribution in [2.45, 2.75) is 38.3 Å². The monoisotopic (exact) mass is 323 g/mol. The summed E-state index contributed by atoms with van der Waals surface area (Å²) in [6.07, 6.45) is 1.39. The maximum atomic E-state index is 12.5. The molecule has 1 unspecified atom stereocenters. The van der Waals surface area contributed by atoms with Crippen LogP contribution in [0.2, 0.25) is 0 Å². The van der Waals surface area contributed by atoms with Crippen LogP contribution < -0.4 is 9.46 Å². The second-order valence-corrected chi connectivity index (χ2v) is 6.71. The third-order valence-corrected chi connectivity index (χ3v) is 5.22. The minimum absolute atomic E-state index is 0.212. The topological polar surface area (TPSA) is 73.2 Å². The van der Waals surface area contributed by atoms with E-state index in [-0.39, 0.29) is 10.9 Å². The molecule has 0 radical (unpaired) electrons. The molecule has 0 amide bonds. The molecule has 6 nitrogen and oxygen atoms in total. The lowest BCUT2D eigenvalue weighted by Crippen LogP contribution is -2.27. The van der Waals surface area contributed by atoms with Crippen molar-refractivity contribution in [1.82, 2.24) is 14.5 Å². The van der Waals surface area contributed by atoms with E-state index >= 15 is 0 Å². The summed E-state index contributed by atoms with van der Waals surface area (Å²) in [6, 6.07) is 6.96. The van der Waals surface area contributed by atoms with Crippen molar-refractivity contribution >= 4 is 10.0 Å². The first-order valence-corrected chi connectivity index (χ1v) is 8.56. The highest BCUT2D eigenvalue weighted by Gasteiger charge is 2.23. The van der Waals surface area contributed by atoms with E-state index in [1.807, 2.05) is 31.2 Å². The number of sulfonamides is 1. The van der Waals surface area contributed by atoms with Crippen LogP contribution in [0.25, 0.3) is 0 Å². The van der Waals surface area contributed by atoms with E-state index in [2.05, 4.69) is 9.82 Å². The number of methoxy groups -OCH3 is 1. The Morgan fingerprint density at radius 3 is 2.73 bits per heavy atom. The van der Waals surface area contributed by atoms with E-state index in [0.29, 0.717) is 18.0 Å². The van der Waals surface area contributed by atoms with Gasteiger partial charge in [0.15, 0.2) is 0 Å². The lowest BCUT2D eigenvalue weighted by molar-refractivity contribution is 0.413. The third kappa shape index (κ3) is 3.31. The zero-order valence-electron chi connectivity index (χ0n) is 13.2. The normalized spacial score (nSPS) is 13.1. The van der Waals surface area contributed by atoms with Gasteiger partial charge in [0.1, 0.15) is 10.6 Å². The molecule has 1 heterocycles. The van der Waals surface area contributed by atoms with Crippen molar-refractivity contribution in [1.29, 1.82) is 0 Å². The van der Waals surface area contributed by atoms with Gasteiger partial charge in [-0.3, -0.25) is 4.68 Å². The fourth-order valence-electron chi connectivity index (χ4n) is 2.29. The van der Waals surface area contributed by atoms with E-state index in [9.17, 15) is 8.42 Å². The molecule has 0 aliphatic carbocycles. The highest BCUT2D eigenvalue weighted by atomic mass is 32.2. The average Bonchev–Trinajstić information content (AvgIpc) is 2.88. The lowest BCUT2D eigenvalue weighted by Gasteiger charge is -2.15. The van der Waals surface area contributed by atoms with E-state index < -0.39 is 10.0 Å². The molecule has 0 aliphatic rings. The van der Waals surface area contributed by atoms with Gasteiger partial charge < -0.3 is 4.74 Å². The SMILES string of the molecule is CCn1ncc(S(=O)(=O)NC(C)c2cccc(OC)c2)c1C. The number of hydrogen-bond acceptors (Lipinski definition) is 4. The first kappa shape index (κ1) is 16.5. The van der Waals surface area contributed by atoms with Gasteiger partial charge in [-0.15, -0.1) is 0 Å². The second-order valence-electron chi connectivity index (χ2n) is 5.03. The number of nitrogens with one attached hydrogen (secondary N) is 1. The largest absolute Gasteiger partial charge is 0.497 e. The Kier molecular flexibility index (Phi) is 4.87. The summed E-state index contributed by atoms with van der Waals surface area (Å²) in [7, 11) is -2.04. The number of aromatic nitrogens is 2. The first-order chi connectivity index (χ1) is 10.4. The Morgan fingerprint density at radius 2 is 2.14 bits per heavy atom. The molecule has 2 rings (SSSR count). The van der Waals surface area contributed by atoms with Crippen LogP contribution in [0.1, 0.15) is 31.1 Å². The van der Waals surface area contributed by atoms with Crippen LogP contribution in [0.15, 0.2) is 35.4 Å². The molecule has 1 aromatic carbocycles. The minimum Gasteiger partial charge on any atom is -0.497 e. The molecule has 0 saturated heterocycles. The van der Waals surface area contributed by atoms with Gasteiger partial charge >= 0.3 is 0 Å². The van der Waals surface area contributed by atoms with Crippen molar-refractivity contribution in [2.75, 3.05) is 7.11 Å². The van der Waals surface area contributed by atoms with E-state index in [1.165, 1.54) is 6.20 Å². The highest BCUT2D eigenvalue weighted by Crippen LogP contribution is 2.22. The zero-order chi connectivity index (χ0) is 16.3. The Morgan fingerprint density at radius 1 is 1.41 bits per heavy atom. The molecule has 2 aromatic rings. The van der Waals surface area contributed by atoms with Gasteiger partial charge in [0.25, 0.3) is 0 Å². The Hall–Kier alpha value is -1.86. The lowest BCUT2D eigenvalue weighted by atomic mass is 10.1. The van der Waals surface area contributed by atoms with Crippen LogP contribution in [0, 0.1) is 6.92 Å². The van der Waals surface area contributed by atoms with Gasteiger partial charge in [0.2, 0.25) is 10.0 Å². The van der Waals surface area contributed by atoms with Crippen molar-refractivity contribution in [2.24, 2.45) is 0 Å². The van der Waals surface area contributed by atoms with Crippen LogP contribution in [-0.4, -0.2) is 25.3 Å². The molecule has 1 N–H and O–H groups in total. The summed E-state index contributed by atoms with van der Waals surface area (Å²) < 4.78 is 34.6. The maximum absolute atomic E-state index is 12.5. The summed E-state index contributed by atoms with van der Waals surface area (Å²) in [6.45, 7) is 6.10. The molecule has 22 heavy (non-hydrogen) atoms. The molecule has 1 atom stereocenters. The molecule has 0 aliphatic heterocycles. The summed E-state index contributed by atoms with van der Waals surface area (Å²) in [5.41, 5.74) is 1.47.